The van der Waals surface area contributed by atoms with Crippen LogP contribution >= 0.6 is 0 Å². The molecular weight excluding hydrogens is 739 g/mol. The smallest absolute Gasteiger partial charge is 0.330 e. The number of nitrogens with one attached hydrogen (secondary N) is 1. The first-order valence-electron chi connectivity index (χ1n) is 20.5. The Kier molecular flexibility index (Phi) is 21.7. The number of non-ortho nitro benzene ring substituents is 1. The fourth-order valence-corrected chi connectivity index (χ4v) is 6.08. The molecule has 0 saturated heterocycles. The van der Waals surface area contributed by atoms with E-state index in [9.17, 15) is 19.7 Å². The number of esters is 2. The molecule has 1 N–H and O–H groups in total. The van der Waals surface area contributed by atoms with Crippen LogP contribution in [0.25, 0.3) is 0 Å². The van der Waals surface area contributed by atoms with Crippen molar-refractivity contribution in [1.29, 1.82) is 0 Å². The van der Waals surface area contributed by atoms with Crippen LogP contribution < -0.4 is 19.7 Å². The molecule has 0 fully saturated rings. The molecule has 0 saturated carbocycles. The molecule has 0 bridgehead atoms. The van der Waals surface area contributed by atoms with E-state index in [0.29, 0.717) is 34.2 Å². The first-order valence-corrected chi connectivity index (χ1v) is 20.5. The third-order valence-electron chi connectivity index (χ3n) is 9.30. The zero-order chi connectivity index (χ0) is 42.0. The SMILES string of the molecule is C=CC(=O)OCCOc1cc(Nc2ccc([N+](=O)[O-])cc2)c(OCCOC(=O)C=C)cc1/N=N/c1ccc(N(CCCCCCCC)CCCCCCCC)cc1C. The third-order valence-corrected chi connectivity index (χ3v) is 9.30. The second-order valence-corrected chi connectivity index (χ2v) is 13.9. The lowest BCUT2D eigenvalue weighted by Gasteiger charge is -2.26. The van der Waals surface area contributed by atoms with Gasteiger partial charge in [-0.25, -0.2) is 9.59 Å². The maximum Gasteiger partial charge on any atom is 0.330 e. The standard InChI is InChI=1S/C45H61N5O8/c1-6-10-12-14-16-18-26-49(27-19-17-15-13-11-7-2)38-24-25-39(35(5)32-38)47-48-41-34-42(55-28-30-57-44(51)8-3)40(33-43(41)56-29-31-58-45(52)9-4)46-36-20-22-37(23-21-36)50(53)54/h8-9,20-25,32-34,46H,3-4,6-7,10-19,26-31H2,1-2,5H3/b48-47+. The van der Waals surface area contributed by atoms with Crippen LogP contribution in [-0.4, -0.2) is 56.4 Å². The maximum atomic E-state index is 11.7. The van der Waals surface area contributed by atoms with Crippen LogP contribution in [0.2, 0.25) is 0 Å². The molecule has 58 heavy (non-hydrogen) atoms. The van der Waals surface area contributed by atoms with Gasteiger partial charge in [0.1, 0.15) is 43.6 Å². The molecule has 0 aliphatic heterocycles. The number of benzene rings is 3. The summed E-state index contributed by atoms with van der Waals surface area (Å²) in [5.41, 5.74) is 4.04. The molecule has 0 heterocycles. The Labute approximate surface area is 343 Å². The molecule has 3 aromatic carbocycles. The van der Waals surface area contributed by atoms with Gasteiger partial charge in [-0.1, -0.05) is 91.2 Å². The van der Waals surface area contributed by atoms with Crippen molar-refractivity contribution in [2.24, 2.45) is 10.2 Å². The second kappa shape index (κ2) is 27.0. The molecule has 0 spiro atoms. The number of nitrogens with zero attached hydrogens (tertiary/aromatic N) is 4. The first-order chi connectivity index (χ1) is 28.2. The van der Waals surface area contributed by atoms with E-state index >= 15 is 0 Å². The highest BCUT2D eigenvalue weighted by Gasteiger charge is 2.16. The molecule has 314 valence electrons. The van der Waals surface area contributed by atoms with Crippen molar-refractivity contribution in [1.82, 2.24) is 0 Å². The van der Waals surface area contributed by atoms with Gasteiger partial charge in [0.05, 0.1) is 16.3 Å². The van der Waals surface area contributed by atoms with Gasteiger partial charge in [0, 0.05) is 60.9 Å². The maximum absolute atomic E-state index is 11.7. The first kappa shape index (κ1) is 46.7. The molecule has 0 aliphatic rings. The van der Waals surface area contributed by atoms with Crippen molar-refractivity contribution in [3.8, 4) is 11.5 Å². The van der Waals surface area contributed by atoms with Gasteiger partial charge in [0.2, 0.25) is 0 Å². The molecule has 0 atom stereocenters. The van der Waals surface area contributed by atoms with Crippen molar-refractivity contribution in [3.05, 3.63) is 95.6 Å². The quantitative estimate of drug-likeness (QED) is 0.0172. The average molecular weight is 800 g/mol. The molecule has 13 nitrogen and oxygen atoms in total. The lowest BCUT2D eigenvalue weighted by molar-refractivity contribution is -0.384. The number of carbonyl (C=O) groups excluding carboxylic acids is 2. The summed E-state index contributed by atoms with van der Waals surface area (Å²) in [4.78, 5) is 36.6. The highest BCUT2D eigenvalue weighted by molar-refractivity contribution is 5.81. The minimum absolute atomic E-state index is 0.00243. The highest BCUT2D eigenvalue weighted by atomic mass is 16.6. The Morgan fingerprint density at radius 1 is 0.707 bits per heavy atom. The number of aryl methyl sites for hydroxylation is 1. The molecule has 0 amide bonds. The number of nitro benzene ring substituents is 1. The number of rotatable bonds is 30. The van der Waals surface area contributed by atoms with Gasteiger partial charge in [-0.05, 0) is 55.7 Å². The van der Waals surface area contributed by atoms with Crippen molar-refractivity contribution < 1.29 is 33.5 Å². The van der Waals surface area contributed by atoms with Crippen molar-refractivity contribution in [2.45, 2.75) is 97.8 Å². The summed E-state index contributed by atoms with van der Waals surface area (Å²) >= 11 is 0. The third kappa shape index (κ3) is 17.2. The van der Waals surface area contributed by atoms with Crippen LogP contribution in [0.5, 0.6) is 11.5 Å². The van der Waals surface area contributed by atoms with E-state index in [0.717, 1.165) is 43.6 Å². The summed E-state index contributed by atoms with van der Waals surface area (Å²) < 4.78 is 22.3. The largest absolute Gasteiger partial charge is 0.488 e. The number of anilines is 3. The van der Waals surface area contributed by atoms with Crippen LogP contribution in [0.3, 0.4) is 0 Å². The minimum atomic E-state index is -0.586. The number of hydrogen-bond acceptors (Lipinski definition) is 12. The number of ether oxygens (including phenoxy) is 4. The number of carbonyl (C=O) groups is 2. The lowest BCUT2D eigenvalue weighted by atomic mass is 10.1. The van der Waals surface area contributed by atoms with Crippen LogP contribution in [0, 0.1) is 17.0 Å². The van der Waals surface area contributed by atoms with E-state index in [1.54, 1.807) is 24.3 Å². The van der Waals surface area contributed by atoms with Gasteiger partial charge < -0.3 is 29.2 Å². The summed E-state index contributed by atoms with van der Waals surface area (Å²) in [6.07, 6.45) is 17.1. The summed E-state index contributed by atoms with van der Waals surface area (Å²) in [7, 11) is 0. The molecule has 0 radical (unpaired) electrons. The predicted octanol–water partition coefficient (Wildman–Crippen LogP) is 11.8. The molecule has 3 rings (SSSR count). The molecule has 0 unspecified atom stereocenters. The second-order valence-electron chi connectivity index (χ2n) is 13.9. The summed E-state index contributed by atoms with van der Waals surface area (Å²) in [5.74, 6) is -0.551. The van der Waals surface area contributed by atoms with Gasteiger partial charge in [-0.15, -0.1) is 5.11 Å². The highest BCUT2D eigenvalue weighted by Crippen LogP contribution is 2.41. The molecule has 0 aliphatic carbocycles. The fraction of sp³-hybridized carbons (Fsp3) is 0.467. The minimum Gasteiger partial charge on any atom is -0.488 e. The number of unbranched alkanes of at least 4 members (excludes halogenated alkanes) is 10. The Bertz CT molecular complexity index is 1760. The Hall–Kier alpha value is -5.72. The van der Waals surface area contributed by atoms with Crippen molar-refractivity contribution in [2.75, 3.05) is 49.7 Å². The summed E-state index contributed by atoms with van der Waals surface area (Å²) in [6, 6.07) is 15.4. The summed E-state index contributed by atoms with van der Waals surface area (Å²) in [5, 5.41) is 23.7. The fourth-order valence-electron chi connectivity index (χ4n) is 6.08. The Morgan fingerprint density at radius 3 is 1.78 bits per heavy atom. The predicted molar refractivity (Wildman–Crippen MR) is 230 cm³/mol. The number of nitro groups is 1. The molecule has 3 aromatic rings. The average Bonchev–Trinajstić information content (AvgIpc) is 3.23. The van der Waals surface area contributed by atoms with E-state index in [-0.39, 0.29) is 32.1 Å². The van der Waals surface area contributed by atoms with Gasteiger partial charge in [-0.2, -0.15) is 5.11 Å². The zero-order valence-electron chi connectivity index (χ0n) is 34.5. The van der Waals surface area contributed by atoms with Crippen molar-refractivity contribution >= 4 is 46.1 Å². The van der Waals surface area contributed by atoms with Crippen molar-refractivity contribution in [3.63, 3.8) is 0 Å². The van der Waals surface area contributed by atoms with Crippen LogP contribution in [0.4, 0.5) is 34.1 Å². The van der Waals surface area contributed by atoms with E-state index in [1.807, 2.05) is 13.0 Å². The van der Waals surface area contributed by atoms with Gasteiger partial charge in [0.25, 0.3) is 5.69 Å². The number of azo groups is 1. The van der Waals surface area contributed by atoms with Crippen LogP contribution in [0.1, 0.15) is 96.5 Å². The van der Waals surface area contributed by atoms with Gasteiger partial charge >= 0.3 is 11.9 Å². The zero-order valence-corrected chi connectivity index (χ0v) is 34.5. The van der Waals surface area contributed by atoms with Crippen LogP contribution in [0.15, 0.2) is 90.1 Å². The van der Waals surface area contributed by atoms with E-state index in [1.165, 1.54) is 82.0 Å². The number of hydrogen-bond donors (Lipinski definition) is 1. The lowest BCUT2D eigenvalue weighted by Crippen LogP contribution is -2.25. The Balaban J connectivity index is 1.93. The molecule has 0 aromatic heterocycles. The van der Waals surface area contributed by atoms with E-state index in [2.05, 4.69) is 59.6 Å². The van der Waals surface area contributed by atoms with E-state index < -0.39 is 16.9 Å². The monoisotopic (exact) mass is 799 g/mol. The molecule has 13 heteroatoms. The van der Waals surface area contributed by atoms with Gasteiger partial charge in [0.15, 0.2) is 0 Å². The summed E-state index contributed by atoms with van der Waals surface area (Å²) in [6.45, 7) is 15.3. The van der Waals surface area contributed by atoms with Gasteiger partial charge in [-0.3, -0.25) is 10.1 Å². The molecular formula is C45H61N5O8. The Morgan fingerprint density at radius 2 is 1.24 bits per heavy atom. The topological polar surface area (TPSA) is 154 Å². The normalized spacial score (nSPS) is 10.9. The van der Waals surface area contributed by atoms with E-state index in [4.69, 9.17) is 18.9 Å². The van der Waals surface area contributed by atoms with Crippen LogP contribution in [-0.2, 0) is 19.1 Å².